The highest BCUT2D eigenvalue weighted by Gasteiger charge is 2.44. The van der Waals surface area contributed by atoms with Crippen LogP contribution in [-0.2, 0) is 4.84 Å². The molecule has 1 fully saturated rings. The van der Waals surface area contributed by atoms with Crippen molar-refractivity contribution < 1.29 is 9.63 Å². The van der Waals surface area contributed by atoms with E-state index < -0.39 is 0 Å². The summed E-state index contributed by atoms with van der Waals surface area (Å²) in [6, 6.07) is 7.67. The molecule has 2 amide bonds. The van der Waals surface area contributed by atoms with Gasteiger partial charge in [0.25, 0.3) is 0 Å². The smallest absolute Gasteiger partial charge is 0.294 e. The van der Waals surface area contributed by atoms with Crippen LogP contribution in [0, 0.1) is 0 Å². The Bertz CT molecular complexity index is 475. The Kier molecular flexibility index (Phi) is 2.26. The number of hydrogen-bond donors (Lipinski definition) is 1. The van der Waals surface area contributed by atoms with Crippen LogP contribution in [-0.4, -0.2) is 29.3 Å². The van der Waals surface area contributed by atoms with Gasteiger partial charge in [0.15, 0.2) is 0 Å². The van der Waals surface area contributed by atoms with Gasteiger partial charge in [0.05, 0.1) is 18.8 Å². The second kappa shape index (κ2) is 3.78. The van der Waals surface area contributed by atoms with Crippen molar-refractivity contribution in [3.63, 3.8) is 0 Å². The van der Waals surface area contributed by atoms with Gasteiger partial charge in [-0.2, -0.15) is 5.06 Å². The molecule has 0 radical (unpaired) electrons. The van der Waals surface area contributed by atoms with Crippen molar-refractivity contribution in [3.05, 3.63) is 42.5 Å². The molecular formula is C12H13N3O2. The fourth-order valence-electron chi connectivity index (χ4n) is 2.21. The predicted molar refractivity (Wildman–Crippen MR) is 62.9 cm³/mol. The summed E-state index contributed by atoms with van der Waals surface area (Å²) < 4.78 is 0. The van der Waals surface area contributed by atoms with Crippen LogP contribution >= 0.6 is 0 Å². The van der Waals surface area contributed by atoms with Crippen LogP contribution in [0.5, 0.6) is 0 Å². The van der Waals surface area contributed by atoms with Crippen LogP contribution in [0.1, 0.15) is 11.6 Å². The van der Waals surface area contributed by atoms with Crippen molar-refractivity contribution >= 4 is 11.7 Å². The van der Waals surface area contributed by atoms with Gasteiger partial charge in [-0.25, -0.2) is 9.80 Å². The predicted octanol–water partition coefficient (Wildman–Crippen LogP) is 1.92. The second-order valence-corrected chi connectivity index (χ2v) is 4.02. The monoisotopic (exact) mass is 231 g/mol. The molecule has 2 bridgehead atoms. The molecule has 2 aliphatic rings. The maximum Gasteiger partial charge on any atom is 0.363 e. The van der Waals surface area contributed by atoms with E-state index in [0.29, 0.717) is 13.2 Å². The van der Waals surface area contributed by atoms with Gasteiger partial charge < -0.3 is 0 Å². The van der Waals surface area contributed by atoms with Crippen molar-refractivity contribution in [1.82, 2.24) is 10.1 Å². The molecular weight excluding hydrogens is 218 g/mol. The van der Waals surface area contributed by atoms with E-state index in [1.807, 2.05) is 24.3 Å². The van der Waals surface area contributed by atoms with E-state index in [9.17, 15) is 4.79 Å². The molecule has 5 heteroatoms. The number of urea groups is 1. The molecule has 3 rings (SSSR count). The van der Waals surface area contributed by atoms with Crippen LogP contribution < -0.4 is 5.43 Å². The number of rotatable bonds is 3. The van der Waals surface area contributed by atoms with Gasteiger partial charge in [-0.05, 0) is 6.07 Å². The van der Waals surface area contributed by atoms with Crippen molar-refractivity contribution in [2.75, 3.05) is 18.6 Å². The van der Waals surface area contributed by atoms with Crippen LogP contribution in [0.15, 0.2) is 36.9 Å². The fourth-order valence-corrected chi connectivity index (χ4v) is 2.21. The lowest BCUT2D eigenvalue weighted by Crippen LogP contribution is -2.35. The lowest BCUT2D eigenvalue weighted by Gasteiger charge is -2.25. The number of hydrogen-bond acceptors (Lipinski definition) is 3. The third kappa shape index (κ3) is 1.47. The zero-order valence-corrected chi connectivity index (χ0v) is 9.30. The molecule has 88 valence electrons. The van der Waals surface area contributed by atoms with Gasteiger partial charge in [0, 0.05) is 5.56 Å². The van der Waals surface area contributed by atoms with E-state index in [-0.39, 0.29) is 12.1 Å². The Labute approximate surface area is 99.2 Å². The number of fused-ring (bicyclic) bond motifs is 4. The van der Waals surface area contributed by atoms with E-state index in [4.69, 9.17) is 4.84 Å². The number of hydroxylamine groups is 2. The fraction of sp³-hybridized carbons (Fsp3) is 0.250. The summed E-state index contributed by atoms with van der Waals surface area (Å²) in [5.41, 5.74) is 5.12. The van der Waals surface area contributed by atoms with Crippen molar-refractivity contribution in [1.29, 1.82) is 0 Å². The molecule has 0 aromatic heterocycles. The molecule has 0 saturated carbocycles. The molecule has 1 aromatic carbocycles. The van der Waals surface area contributed by atoms with E-state index >= 15 is 0 Å². The molecule has 17 heavy (non-hydrogen) atoms. The molecule has 1 unspecified atom stereocenters. The van der Waals surface area contributed by atoms with Gasteiger partial charge in [0.1, 0.15) is 6.04 Å². The van der Waals surface area contributed by atoms with E-state index in [2.05, 4.69) is 12.0 Å². The highest BCUT2D eigenvalue weighted by molar-refractivity contribution is 5.81. The van der Waals surface area contributed by atoms with Crippen LogP contribution in [0.2, 0.25) is 0 Å². The maximum absolute atomic E-state index is 12.0. The maximum atomic E-state index is 12.0. The zero-order chi connectivity index (χ0) is 11.8. The van der Waals surface area contributed by atoms with Gasteiger partial charge in [-0.15, -0.1) is 6.58 Å². The third-order valence-electron chi connectivity index (χ3n) is 2.96. The second-order valence-electron chi connectivity index (χ2n) is 4.02. The highest BCUT2D eigenvalue weighted by Crippen LogP contribution is 2.38. The van der Waals surface area contributed by atoms with Gasteiger partial charge in [0.2, 0.25) is 0 Å². The Hall–Kier alpha value is -2.01. The normalized spacial score (nSPS) is 21.2. The van der Waals surface area contributed by atoms with E-state index in [0.717, 1.165) is 11.3 Å². The zero-order valence-electron chi connectivity index (χ0n) is 9.30. The molecule has 5 nitrogen and oxygen atoms in total. The summed E-state index contributed by atoms with van der Waals surface area (Å²) in [6.07, 6.45) is 1.63. The summed E-state index contributed by atoms with van der Waals surface area (Å²) >= 11 is 0. The third-order valence-corrected chi connectivity index (χ3v) is 2.96. The van der Waals surface area contributed by atoms with Crippen LogP contribution in [0.3, 0.4) is 0 Å². The molecule has 1 N–H and O–H groups in total. The lowest BCUT2D eigenvalue weighted by atomic mass is 10.0. The number of nitrogens with zero attached hydrogens (tertiary/aromatic N) is 2. The standard InChI is InChI=1S/C12H13N3O2/c1-2-7-17-15-11-8-14(12(15)16)13-10-6-4-3-5-9(10)11/h2-6,11,13H,1,7-8H2. The largest absolute Gasteiger partial charge is 0.363 e. The highest BCUT2D eigenvalue weighted by atomic mass is 16.7. The van der Waals surface area contributed by atoms with E-state index in [1.165, 1.54) is 5.06 Å². The number of para-hydroxylation sites is 1. The number of amides is 2. The lowest BCUT2D eigenvalue weighted by molar-refractivity contribution is -0.118. The Morgan fingerprint density at radius 1 is 1.53 bits per heavy atom. The van der Waals surface area contributed by atoms with E-state index in [1.54, 1.807) is 11.1 Å². The first-order valence-corrected chi connectivity index (χ1v) is 5.51. The Morgan fingerprint density at radius 2 is 2.35 bits per heavy atom. The van der Waals surface area contributed by atoms with Crippen molar-refractivity contribution in [2.45, 2.75) is 6.04 Å². The molecule has 1 aromatic rings. The number of benzene rings is 1. The summed E-state index contributed by atoms with van der Waals surface area (Å²) in [7, 11) is 0. The number of carbonyl (C=O) groups excluding carboxylic acids is 1. The number of anilines is 1. The van der Waals surface area contributed by atoms with Crippen molar-refractivity contribution in [2.24, 2.45) is 0 Å². The van der Waals surface area contributed by atoms with Gasteiger partial charge >= 0.3 is 6.03 Å². The summed E-state index contributed by atoms with van der Waals surface area (Å²) in [5.74, 6) is 0. The van der Waals surface area contributed by atoms with Crippen LogP contribution in [0.4, 0.5) is 10.5 Å². The minimum Gasteiger partial charge on any atom is -0.294 e. The van der Waals surface area contributed by atoms with Gasteiger partial charge in [-0.3, -0.25) is 10.3 Å². The van der Waals surface area contributed by atoms with Crippen LogP contribution in [0.25, 0.3) is 0 Å². The van der Waals surface area contributed by atoms with Crippen molar-refractivity contribution in [3.8, 4) is 0 Å². The first kappa shape index (κ1) is 10.2. The molecule has 0 spiro atoms. The first-order chi connectivity index (χ1) is 8.31. The summed E-state index contributed by atoms with van der Waals surface area (Å²) in [6.45, 7) is 4.52. The number of hydrazine groups is 1. The quantitative estimate of drug-likeness (QED) is 0.808. The molecule has 2 heterocycles. The Morgan fingerprint density at radius 3 is 3.18 bits per heavy atom. The average molecular weight is 231 g/mol. The number of carbonyl (C=O) groups is 1. The summed E-state index contributed by atoms with van der Waals surface area (Å²) in [5, 5.41) is 2.98. The van der Waals surface area contributed by atoms with Gasteiger partial charge in [-0.1, -0.05) is 24.3 Å². The number of nitrogens with one attached hydrogen (secondary N) is 1. The minimum atomic E-state index is -0.159. The molecule has 1 saturated heterocycles. The average Bonchev–Trinajstić information content (AvgIpc) is 2.61. The SMILES string of the molecule is C=CCON1C(=O)N2CC1c1ccccc1N2. The first-order valence-electron chi connectivity index (χ1n) is 5.51. The molecule has 0 aliphatic carbocycles. The molecule has 2 aliphatic heterocycles. The Balaban J connectivity index is 1.95. The molecule has 1 atom stereocenters. The topological polar surface area (TPSA) is 44.8 Å². The minimum absolute atomic E-state index is 0.0418. The summed E-state index contributed by atoms with van der Waals surface area (Å²) in [4.78, 5) is 17.4.